The standard InChI is InChI=1S/C17H21FN2O2S2/c18-15-4-6-16(7-5-15)24(21,22)19-12-17(14-8-11-23-13-14)20-9-2-1-3-10-20/h4-8,11,13,17,19H,1-3,9-10,12H2. The van der Waals surface area contributed by atoms with Crippen LogP contribution in [0.25, 0.3) is 0 Å². The fourth-order valence-electron chi connectivity index (χ4n) is 3.04. The van der Waals surface area contributed by atoms with Crippen molar-refractivity contribution < 1.29 is 12.8 Å². The Morgan fingerprint density at radius 2 is 1.83 bits per heavy atom. The van der Waals surface area contributed by atoms with Crippen molar-refractivity contribution in [2.45, 2.75) is 30.2 Å². The molecule has 1 aliphatic rings. The monoisotopic (exact) mass is 368 g/mol. The normalized spacial score (nSPS) is 17.7. The van der Waals surface area contributed by atoms with Gasteiger partial charge in [-0.3, -0.25) is 4.90 Å². The van der Waals surface area contributed by atoms with Crippen molar-refractivity contribution in [3.8, 4) is 0 Å². The van der Waals surface area contributed by atoms with Crippen molar-refractivity contribution in [2.75, 3.05) is 19.6 Å². The van der Waals surface area contributed by atoms with Crippen molar-refractivity contribution in [2.24, 2.45) is 0 Å². The van der Waals surface area contributed by atoms with Crippen molar-refractivity contribution in [3.63, 3.8) is 0 Å². The number of hydrogen-bond donors (Lipinski definition) is 1. The predicted molar refractivity (Wildman–Crippen MR) is 94.1 cm³/mol. The maximum atomic E-state index is 13.0. The molecule has 1 N–H and O–H groups in total. The van der Waals surface area contributed by atoms with E-state index < -0.39 is 15.8 Å². The Morgan fingerprint density at radius 3 is 2.46 bits per heavy atom. The number of sulfonamides is 1. The molecule has 1 saturated heterocycles. The number of thiophene rings is 1. The van der Waals surface area contributed by atoms with Crippen LogP contribution in [0.1, 0.15) is 30.9 Å². The molecule has 1 aliphatic heterocycles. The van der Waals surface area contributed by atoms with Crippen molar-refractivity contribution >= 4 is 21.4 Å². The lowest BCUT2D eigenvalue weighted by molar-refractivity contribution is 0.165. The van der Waals surface area contributed by atoms with Crippen LogP contribution in [0.4, 0.5) is 4.39 Å². The lowest BCUT2D eigenvalue weighted by atomic mass is 10.0. The largest absolute Gasteiger partial charge is 0.295 e. The van der Waals surface area contributed by atoms with Crippen LogP contribution in [-0.4, -0.2) is 33.0 Å². The van der Waals surface area contributed by atoms with Crippen LogP contribution in [0.15, 0.2) is 46.0 Å². The molecule has 2 heterocycles. The summed E-state index contributed by atoms with van der Waals surface area (Å²) in [7, 11) is -3.64. The molecule has 7 heteroatoms. The van der Waals surface area contributed by atoms with Gasteiger partial charge in [0.25, 0.3) is 0 Å². The van der Waals surface area contributed by atoms with E-state index in [9.17, 15) is 12.8 Å². The molecule has 0 saturated carbocycles. The van der Waals surface area contributed by atoms with Gasteiger partial charge in [-0.05, 0) is 72.6 Å². The maximum absolute atomic E-state index is 13.0. The van der Waals surface area contributed by atoms with Gasteiger partial charge in [-0.25, -0.2) is 17.5 Å². The van der Waals surface area contributed by atoms with Crippen LogP contribution in [0.2, 0.25) is 0 Å². The average Bonchev–Trinajstić information content (AvgIpc) is 3.11. The minimum Gasteiger partial charge on any atom is -0.295 e. The Hall–Kier alpha value is -1.28. The highest BCUT2D eigenvalue weighted by molar-refractivity contribution is 7.89. The lowest BCUT2D eigenvalue weighted by Gasteiger charge is -2.34. The van der Waals surface area contributed by atoms with Gasteiger partial charge in [-0.2, -0.15) is 11.3 Å². The first-order valence-electron chi connectivity index (χ1n) is 8.08. The molecule has 1 fully saturated rings. The number of nitrogens with one attached hydrogen (secondary N) is 1. The number of piperidine rings is 1. The molecule has 0 aliphatic carbocycles. The highest BCUT2D eigenvalue weighted by atomic mass is 32.2. The molecule has 1 aromatic carbocycles. The van der Waals surface area contributed by atoms with Crippen LogP contribution < -0.4 is 4.72 Å². The van der Waals surface area contributed by atoms with Gasteiger partial charge < -0.3 is 0 Å². The van der Waals surface area contributed by atoms with E-state index in [1.165, 1.54) is 18.6 Å². The van der Waals surface area contributed by atoms with Crippen molar-refractivity contribution in [1.29, 1.82) is 0 Å². The Labute approximate surface area is 146 Å². The molecule has 130 valence electrons. The molecule has 4 nitrogen and oxygen atoms in total. The summed E-state index contributed by atoms with van der Waals surface area (Å²) < 4.78 is 40.6. The van der Waals surface area contributed by atoms with Gasteiger partial charge in [0.15, 0.2) is 0 Å². The van der Waals surface area contributed by atoms with Crippen LogP contribution in [-0.2, 0) is 10.0 Å². The third kappa shape index (κ3) is 4.22. The summed E-state index contributed by atoms with van der Waals surface area (Å²) >= 11 is 1.62. The molecule has 0 spiro atoms. The van der Waals surface area contributed by atoms with E-state index in [-0.39, 0.29) is 10.9 Å². The number of nitrogens with zero attached hydrogens (tertiary/aromatic N) is 1. The Bertz CT molecular complexity index is 739. The summed E-state index contributed by atoms with van der Waals surface area (Å²) in [5.74, 6) is -0.446. The fourth-order valence-corrected chi connectivity index (χ4v) is 4.78. The summed E-state index contributed by atoms with van der Waals surface area (Å²) in [6.07, 6.45) is 3.52. The first kappa shape index (κ1) is 17.5. The molecule has 24 heavy (non-hydrogen) atoms. The number of halogens is 1. The van der Waals surface area contributed by atoms with Gasteiger partial charge in [-0.1, -0.05) is 6.42 Å². The van der Waals surface area contributed by atoms with Crippen molar-refractivity contribution in [1.82, 2.24) is 9.62 Å². The van der Waals surface area contributed by atoms with Gasteiger partial charge in [0, 0.05) is 12.6 Å². The predicted octanol–water partition coefficient (Wildman–Crippen LogP) is 3.39. The minimum absolute atomic E-state index is 0.0340. The molecule has 1 unspecified atom stereocenters. The summed E-state index contributed by atoms with van der Waals surface area (Å²) in [4.78, 5) is 2.44. The van der Waals surface area contributed by atoms with E-state index in [1.54, 1.807) is 11.3 Å². The highest BCUT2D eigenvalue weighted by Crippen LogP contribution is 2.26. The SMILES string of the molecule is O=S(=O)(NCC(c1ccsc1)N1CCCCC1)c1ccc(F)cc1. The molecular weight excluding hydrogens is 347 g/mol. The average molecular weight is 368 g/mol. The first-order chi connectivity index (χ1) is 11.6. The quantitative estimate of drug-likeness (QED) is 0.850. The third-order valence-corrected chi connectivity index (χ3v) is 6.49. The maximum Gasteiger partial charge on any atom is 0.240 e. The van der Waals surface area contributed by atoms with Gasteiger partial charge in [0.05, 0.1) is 4.90 Å². The molecule has 0 amide bonds. The van der Waals surface area contributed by atoms with E-state index in [0.29, 0.717) is 6.54 Å². The van der Waals surface area contributed by atoms with E-state index in [0.717, 1.165) is 43.6 Å². The zero-order valence-corrected chi connectivity index (χ0v) is 15.0. The van der Waals surface area contributed by atoms with Gasteiger partial charge in [0.1, 0.15) is 5.82 Å². The zero-order valence-electron chi connectivity index (χ0n) is 13.3. The number of benzene rings is 1. The lowest BCUT2D eigenvalue weighted by Crippen LogP contribution is -2.40. The fraction of sp³-hybridized carbons (Fsp3) is 0.412. The number of rotatable bonds is 6. The molecule has 3 rings (SSSR count). The van der Waals surface area contributed by atoms with E-state index >= 15 is 0 Å². The summed E-state index contributed by atoms with van der Waals surface area (Å²) in [5, 5.41) is 4.09. The Kier molecular flexibility index (Phi) is 5.65. The second-order valence-electron chi connectivity index (χ2n) is 5.97. The summed E-state index contributed by atoms with van der Waals surface area (Å²) in [5.41, 5.74) is 1.14. The zero-order chi connectivity index (χ0) is 17.0. The second kappa shape index (κ2) is 7.74. The Balaban J connectivity index is 1.74. The van der Waals surface area contributed by atoms with E-state index in [1.807, 2.05) is 5.38 Å². The molecule has 0 bridgehead atoms. The minimum atomic E-state index is -3.64. The van der Waals surface area contributed by atoms with E-state index in [4.69, 9.17) is 0 Å². The smallest absolute Gasteiger partial charge is 0.240 e. The van der Waals surface area contributed by atoms with Crippen molar-refractivity contribution in [3.05, 3.63) is 52.5 Å². The highest BCUT2D eigenvalue weighted by Gasteiger charge is 2.25. The third-order valence-electron chi connectivity index (χ3n) is 4.35. The van der Waals surface area contributed by atoms with Crippen LogP contribution in [0.5, 0.6) is 0 Å². The molecule has 1 atom stereocenters. The van der Waals surface area contributed by atoms with Gasteiger partial charge in [-0.15, -0.1) is 0 Å². The van der Waals surface area contributed by atoms with Gasteiger partial charge >= 0.3 is 0 Å². The first-order valence-corrected chi connectivity index (χ1v) is 10.5. The second-order valence-corrected chi connectivity index (χ2v) is 8.52. The number of likely N-dealkylation sites (tertiary alicyclic amines) is 1. The molecule has 0 radical (unpaired) electrons. The Morgan fingerprint density at radius 1 is 1.12 bits per heavy atom. The molecular formula is C17H21FN2O2S2. The van der Waals surface area contributed by atoms with Crippen LogP contribution >= 0.6 is 11.3 Å². The molecule has 1 aromatic heterocycles. The topological polar surface area (TPSA) is 49.4 Å². The number of hydrogen-bond acceptors (Lipinski definition) is 4. The molecule has 2 aromatic rings. The van der Waals surface area contributed by atoms with Gasteiger partial charge in [0.2, 0.25) is 10.0 Å². The summed E-state index contributed by atoms with van der Waals surface area (Å²) in [6.45, 7) is 2.29. The van der Waals surface area contributed by atoms with Crippen LogP contribution in [0, 0.1) is 5.82 Å². The van der Waals surface area contributed by atoms with E-state index in [2.05, 4.69) is 21.1 Å². The van der Waals surface area contributed by atoms with Crippen LogP contribution in [0.3, 0.4) is 0 Å². The summed E-state index contributed by atoms with van der Waals surface area (Å²) in [6, 6.07) is 6.99.